The number of ether oxygens (including phenoxy) is 1. The van der Waals surface area contributed by atoms with Crippen molar-refractivity contribution in [2.75, 3.05) is 18.6 Å². The van der Waals surface area contributed by atoms with Crippen molar-refractivity contribution >= 4 is 11.8 Å². The maximum atomic E-state index is 12.3. The molecule has 1 aromatic rings. The zero-order valence-corrected chi connectivity index (χ0v) is 16.0. The van der Waals surface area contributed by atoms with Crippen molar-refractivity contribution in [3.8, 4) is 5.88 Å². The minimum absolute atomic E-state index is 0.162. The summed E-state index contributed by atoms with van der Waals surface area (Å²) in [6.45, 7) is 6.57. The summed E-state index contributed by atoms with van der Waals surface area (Å²) in [5.41, 5.74) is 0.795. The van der Waals surface area contributed by atoms with Gasteiger partial charge in [0.15, 0.2) is 0 Å². The molecule has 2 rings (SSSR count). The molecule has 0 saturated heterocycles. The van der Waals surface area contributed by atoms with Crippen LogP contribution in [0.5, 0.6) is 5.88 Å². The molecule has 5 heteroatoms. The highest BCUT2D eigenvalue weighted by atomic mass is 32.2. The maximum absolute atomic E-state index is 12.3. The van der Waals surface area contributed by atoms with Gasteiger partial charge in [-0.1, -0.05) is 46.0 Å². The Morgan fingerprint density at radius 2 is 1.83 bits per heavy atom. The van der Waals surface area contributed by atoms with E-state index in [9.17, 15) is 4.79 Å². The number of thioether (sulfide) groups is 1. The van der Waals surface area contributed by atoms with Crippen LogP contribution in [0.25, 0.3) is 0 Å². The van der Waals surface area contributed by atoms with E-state index < -0.39 is 0 Å². The first-order chi connectivity index (χ1) is 11.2. The van der Waals surface area contributed by atoms with Gasteiger partial charge in [0.2, 0.25) is 5.88 Å². The summed E-state index contributed by atoms with van der Waals surface area (Å²) in [4.78, 5) is 16.4. The summed E-state index contributed by atoms with van der Waals surface area (Å²) in [5.74, 6) is 1.41. The van der Waals surface area contributed by atoms with Gasteiger partial charge in [0.05, 0.1) is 6.61 Å². The lowest BCUT2D eigenvalue weighted by molar-refractivity contribution is 0.315. The molecule has 1 fully saturated rings. The Kier molecular flexibility index (Phi) is 10.1. The predicted octanol–water partition coefficient (Wildman–Crippen LogP) is 4.61. The summed E-state index contributed by atoms with van der Waals surface area (Å²) >= 11 is 1.72. The van der Waals surface area contributed by atoms with Crippen LogP contribution in [-0.4, -0.2) is 28.2 Å². The Labute approximate surface area is 145 Å². The number of aromatic nitrogens is 2. The van der Waals surface area contributed by atoms with Gasteiger partial charge < -0.3 is 4.74 Å². The van der Waals surface area contributed by atoms with Crippen molar-refractivity contribution in [3.63, 3.8) is 0 Å². The van der Waals surface area contributed by atoms with Crippen LogP contribution < -0.4 is 10.4 Å². The molecular weight excluding hydrogens is 308 g/mol. The number of aryl methyl sites for hydroxylation is 1. The lowest BCUT2D eigenvalue weighted by Crippen LogP contribution is -2.28. The molecule has 1 aliphatic carbocycles. The quantitative estimate of drug-likeness (QED) is 0.735. The van der Waals surface area contributed by atoms with E-state index >= 15 is 0 Å². The van der Waals surface area contributed by atoms with Crippen molar-refractivity contribution in [3.05, 3.63) is 22.2 Å². The summed E-state index contributed by atoms with van der Waals surface area (Å²) in [6.07, 6.45) is 12.5. The summed E-state index contributed by atoms with van der Waals surface area (Å²) in [6, 6.07) is 0.309. The smallest absolute Gasteiger partial charge is 0.351 e. The van der Waals surface area contributed by atoms with Gasteiger partial charge in [0.1, 0.15) is 0 Å². The van der Waals surface area contributed by atoms with Crippen LogP contribution in [0.1, 0.15) is 70.4 Å². The highest BCUT2D eigenvalue weighted by Crippen LogP contribution is 2.26. The maximum Gasteiger partial charge on any atom is 0.351 e. The van der Waals surface area contributed by atoms with E-state index in [4.69, 9.17) is 4.74 Å². The molecule has 0 unspecified atom stereocenters. The third-order valence-corrected chi connectivity index (χ3v) is 4.66. The Bertz CT molecular complexity index is 494. The molecule has 0 N–H and O–H groups in total. The van der Waals surface area contributed by atoms with Crippen LogP contribution in [0.15, 0.2) is 11.0 Å². The number of nitrogens with zero attached hydrogens (tertiary/aromatic N) is 2. The molecule has 4 nitrogen and oxygen atoms in total. The second-order valence-corrected chi connectivity index (χ2v) is 6.74. The van der Waals surface area contributed by atoms with E-state index in [0.717, 1.165) is 24.2 Å². The van der Waals surface area contributed by atoms with Crippen molar-refractivity contribution in [1.82, 2.24) is 9.55 Å². The first-order valence-electron chi connectivity index (χ1n) is 8.94. The van der Waals surface area contributed by atoms with E-state index in [0.29, 0.717) is 18.5 Å². The fourth-order valence-corrected chi connectivity index (χ4v) is 3.14. The molecule has 0 aromatic carbocycles. The normalized spacial score (nSPS) is 16.0. The van der Waals surface area contributed by atoms with Crippen molar-refractivity contribution < 1.29 is 4.74 Å². The molecule has 0 amide bonds. The summed E-state index contributed by atoms with van der Waals surface area (Å²) in [7, 11) is 0. The van der Waals surface area contributed by atoms with Gasteiger partial charge in [-0.05, 0) is 26.0 Å². The monoisotopic (exact) mass is 340 g/mol. The Balaban J connectivity index is 0.00000127. The molecule has 23 heavy (non-hydrogen) atoms. The highest BCUT2D eigenvalue weighted by Gasteiger charge is 2.16. The lowest BCUT2D eigenvalue weighted by atomic mass is 9.96. The third kappa shape index (κ3) is 6.58. The second-order valence-electron chi connectivity index (χ2n) is 5.76. The van der Waals surface area contributed by atoms with Crippen LogP contribution in [0, 0.1) is 6.92 Å². The average molecular weight is 341 g/mol. The molecule has 132 valence electrons. The third-order valence-electron chi connectivity index (χ3n) is 4.08. The predicted molar refractivity (Wildman–Crippen MR) is 99.8 cm³/mol. The largest absolute Gasteiger partial charge is 0.476 e. The van der Waals surface area contributed by atoms with E-state index in [2.05, 4.69) is 4.98 Å². The lowest BCUT2D eigenvalue weighted by Gasteiger charge is -2.22. The van der Waals surface area contributed by atoms with Gasteiger partial charge in [-0.2, -0.15) is 16.7 Å². The van der Waals surface area contributed by atoms with E-state index in [1.807, 2.05) is 37.8 Å². The molecule has 1 aromatic heterocycles. The fraction of sp³-hybridized carbons (Fsp3) is 0.778. The molecule has 0 bridgehead atoms. The fourth-order valence-electron chi connectivity index (χ4n) is 2.89. The molecule has 0 spiro atoms. The van der Waals surface area contributed by atoms with E-state index in [-0.39, 0.29) is 5.69 Å². The molecule has 1 aliphatic rings. The van der Waals surface area contributed by atoms with Crippen molar-refractivity contribution in [1.29, 1.82) is 0 Å². The number of rotatable bonds is 5. The molecule has 1 saturated carbocycles. The summed E-state index contributed by atoms with van der Waals surface area (Å²) < 4.78 is 7.44. The van der Waals surface area contributed by atoms with Gasteiger partial charge in [-0.25, -0.2) is 4.79 Å². The molecule has 1 heterocycles. The zero-order valence-electron chi connectivity index (χ0n) is 15.1. The van der Waals surface area contributed by atoms with Gasteiger partial charge in [0, 0.05) is 23.6 Å². The molecule has 0 radical (unpaired) electrons. The van der Waals surface area contributed by atoms with Gasteiger partial charge in [-0.3, -0.25) is 4.57 Å². The van der Waals surface area contributed by atoms with Crippen LogP contribution in [0.2, 0.25) is 0 Å². The summed E-state index contributed by atoms with van der Waals surface area (Å²) in [5, 5.41) is 0. The number of hydrogen-bond acceptors (Lipinski definition) is 4. The van der Waals surface area contributed by atoms with Gasteiger partial charge in [0.25, 0.3) is 0 Å². The Morgan fingerprint density at radius 1 is 1.22 bits per heavy atom. The zero-order chi connectivity index (χ0) is 17.1. The Hall–Kier alpha value is -0.970. The highest BCUT2D eigenvalue weighted by molar-refractivity contribution is 7.98. The standard InChI is InChI=1S/C16H26N2O2S.C2H6/c1-13-12-18(14-8-6-4-3-5-7-9-14)16(19)17-15(13)20-10-11-21-2;1-2/h12,14H,3-11H2,1-2H3;1-2H3. The van der Waals surface area contributed by atoms with Crippen LogP contribution in [0.3, 0.4) is 0 Å². The van der Waals surface area contributed by atoms with Crippen molar-refractivity contribution in [2.45, 2.75) is 71.8 Å². The SMILES string of the molecule is CC.CSCCOc1nc(=O)n(C2CCCCCCC2)cc1C. The van der Waals surface area contributed by atoms with Gasteiger partial charge >= 0.3 is 5.69 Å². The van der Waals surface area contributed by atoms with E-state index in [1.54, 1.807) is 11.8 Å². The van der Waals surface area contributed by atoms with E-state index in [1.165, 1.54) is 32.1 Å². The van der Waals surface area contributed by atoms with Gasteiger partial charge in [-0.15, -0.1) is 0 Å². The number of hydrogen-bond donors (Lipinski definition) is 0. The Morgan fingerprint density at radius 3 is 2.43 bits per heavy atom. The first kappa shape index (κ1) is 20.1. The first-order valence-corrected chi connectivity index (χ1v) is 10.3. The second kappa shape index (κ2) is 11.5. The minimum Gasteiger partial charge on any atom is -0.476 e. The van der Waals surface area contributed by atoms with Crippen LogP contribution in [0.4, 0.5) is 0 Å². The van der Waals surface area contributed by atoms with Crippen LogP contribution in [-0.2, 0) is 0 Å². The molecular formula is C18H32N2O2S. The molecule has 0 atom stereocenters. The minimum atomic E-state index is -0.162. The average Bonchev–Trinajstić information content (AvgIpc) is 2.53. The topological polar surface area (TPSA) is 44.1 Å². The van der Waals surface area contributed by atoms with Crippen molar-refractivity contribution in [2.24, 2.45) is 0 Å². The molecule has 0 aliphatic heterocycles. The van der Waals surface area contributed by atoms with Crippen LogP contribution >= 0.6 is 11.8 Å².